The van der Waals surface area contributed by atoms with E-state index in [1.807, 2.05) is 0 Å². The molecule has 2 unspecified atom stereocenters. The maximum atomic E-state index is 13.2. The maximum absolute atomic E-state index is 13.2. The van der Waals surface area contributed by atoms with E-state index in [-0.39, 0.29) is 29.9 Å². The summed E-state index contributed by atoms with van der Waals surface area (Å²) in [5.74, 6) is 0.110. The largest absolute Gasteiger partial charge is 0.508 e. The molecule has 66 heavy (non-hydrogen) atoms. The van der Waals surface area contributed by atoms with Crippen molar-refractivity contribution in [1.29, 1.82) is 0 Å². The van der Waals surface area contributed by atoms with Crippen LogP contribution in [0.15, 0.2) is 0 Å². The summed E-state index contributed by atoms with van der Waals surface area (Å²) >= 11 is 0. The van der Waals surface area contributed by atoms with Crippen LogP contribution in [-0.2, 0) is 28.5 Å². The molecule has 2 atom stereocenters. The number of nitrogens with zero attached hydrogens (tertiary/aromatic N) is 2. The first-order valence-corrected chi connectivity index (χ1v) is 28.9. The van der Waals surface area contributed by atoms with Crippen LogP contribution in [0.4, 0.5) is 4.79 Å². The van der Waals surface area contributed by atoms with Crippen molar-refractivity contribution in [2.24, 2.45) is 11.8 Å². The minimum atomic E-state index is -0.565. The highest BCUT2D eigenvalue weighted by Gasteiger charge is 2.21. The molecule has 392 valence electrons. The molecule has 9 nitrogen and oxygen atoms in total. The fraction of sp³-hybridized carbons (Fsp3) is 0.947. The van der Waals surface area contributed by atoms with Gasteiger partial charge in [-0.1, -0.05) is 209 Å². The van der Waals surface area contributed by atoms with Crippen LogP contribution < -0.4 is 0 Å². The van der Waals surface area contributed by atoms with E-state index in [4.69, 9.17) is 18.9 Å². The summed E-state index contributed by atoms with van der Waals surface area (Å²) in [5.41, 5.74) is 0. The van der Waals surface area contributed by atoms with Gasteiger partial charge in [-0.25, -0.2) is 4.79 Å². The Bertz CT molecular complexity index is 1040. The van der Waals surface area contributed by atoms with Crippen LogP contribution in [0.1, 0.15) is 273 Å². The second-order valence-corrected chi connectivity index (χ2v) is 19.6. The molecule has 0 fully saturated rings. The fourth-order valence-electron chi connectivity index (χ4n) is 9.09. The zero-order valence-corrected chi connectivity index (χ0v) is 45.1. The number of carbonyl (C=O) groups excluding carboxylic acids is 3. The molecule has 0 rings (SSSR count). The Morgan fingerprint density at radius 3 is 1.02 bits per heavy atom. The molecule has 0 aromatic heterocycles. The predicted molar refractivity (Wildman–Crippen MR) is 279 cm³/mol. The lowest BCUT2D eigenvalue weighted by molar-refractivity contribution is -0.150. The minimum absolute atomic E-state index is 0.0120. The van der Waals surface area contributed by atoms with Crippen LogP contribution in [-0.4, -0.2) is 93.1 Å². The Balaban J connectivity index is 5.00. The van der Waals surface area contributed by atoms with E-state index in [2.05, 4.69) is 58.3 Å². The van der Waals surface area contributed by atoms with Crippen molar-refractivity contribution >= 4 is 18.1 Å². The first-order chi connectivity index (χ1) is 32.3. The second kappa shape index (κ2) is 49.5. The summed E-state index contributed by atoms with van der Waals surface area (Å²) in [7, 11) is 0. The van der Waals surface area contributed by atoms with Gasteiger partial charge in [0.25, 0.3) is 0 Å². The van der Waals surface area contributed by atoms with Gasteiger partial charge in [-0.05, 0) is 83.8 Å². The molecule has 0 amide bonds. The molecule has 9 heteroatoms. The molecule has 0 aliphatic heterocycles. The van der Waals surface area contributed by atoms with Crippen molar-refractivity contribution in [2.45, 2.75) is 279 Å². The molecule has 0 aliphatic carbocycles. The van der Waals surface area contributed by atoms with Gasteiger partial charge in [0.1, 0.15) is 12.7 Å². The standard InChI is InChI=1S/C57H112N2O7/c1-8-15-19-23-27-35-43-53(42-34-26-22-18-11-4)56(61)64-50-39-31-29-37-45-54(66-57(62)65-51-48-59(14-7)47-46-58(12-5)13-6)44-36-28-30-38-49-63-55(60)52(40-32-24-20-16-9-2)41-33-25-21-17-10-3/h52-54H,8-51H2,1-7H3. The number of esters is 2. The Morgan fingerprint density at radius 2 is 0.652 bits per heavy atom. The van der Waals surface area contributed by atoms with Gasteiger partial charge in [-0.3, -0.25) is 14.5 Å². The summed E-state index contributed by atoms with van der Waals surface area (Å²) in [6.07, 6.45) is 38.1. The van der Waals surface area contributed by atoms with E-state index in [1.54, 1.807) is 0 Å². The monoisotopic (exact) mass is 937 g/mol. The van der Waals surface area contributed by atoms with Crippen molar-refractivity contribution in [2.75, 3.05) is 59.1 Å². The summed E-state index contributed by atoms with van der Waals surface area (Å²) in [4.78, 5) is 44.0. The normalized spacial score (nSPS) is 12.6. The van der Waals surface area contributed by atoms with E-state index in [1.165, 1.54) is 109 Å². The fourth-order valence-corrected chi connectivity index (χ4v) is 9.09. The van der Waals surface area contributed by atoms with E-state index in [0.29, 0.717) is 26.4 Å². The predicted octanol–water partition coefficient (Wildman–Crippen LogP) is 16.2. The van der Waals surface area contributed by atoms with Gasteiger partial charge in [-0.15, -0.1) is 0 Å². The van der Waals surface area contributed by atoms with Crippen LogP contribution in [0.25, 0.3) is 0 Å². The van der Waals surface area contributed by atoms with E-state index in [0.717, 1.165) is 148 Å². The lowest BCUT2D eigenvalue weighted by Gasteiger charge is -2.25. The number of hydrogen-bond acceptors (Lipinski definition) is 9. The maximum Gasteiger partial charge on any atom is 0.508 e. The average Bonchev–Trinajstić information content (AvgIpc) is 3.32. The molecule has 0 saturated heterocycles. The lowest BCUT2D eigenvalue weighted by atomic mass is 9.94. The first-order valence-electron chi connectivity index (χ1n) is 28.9. The molecule has 0 N–H and O–H groups in total. The molecule has 0 spiro atoms. The number of likely N-dealkylation sites (N-methyl/N-ethyl adjacent to an activating group) is 2. The quantitative estimate of drug-likeness (QED) is 0.0336. The SMILES string of the molecule is CCCCCCCCC(CCCCCCC)C(=O)OCCCCCCC(CCCCCCOC(=O)C(CCCCCCC)CCCCCCC)OC(=O)OCCN(CC)CCN(CC)CC. The molecule has 0 aromatic carbocycles. The molecule has 0 aromatic rings. The number of ether oxygens (including phenoxy) is 4. The van der Waals surface area contributed by atoms with E-state index < -0.39 is 6.16 Å². The molecule has 0 saturated carbocycles. The molecular weight excluding hydrogens is 825 g/mol. The third-order valence-electron chi connectivity index (χ3n) is 13.8. The summed E-state index contributed by atoms with van der Waals surface area (Å²) in [6, 6.07) is 0. The van der Waals surface area contributed by atoms with Crippen LogP contribution in [0, 0.1) is 11.8 Å². The highest BCUT2D eigenvalue weighted by atomic mass is 16.7. The van der Waals surface area contributed by atoms with Gasteiger partial charge in [0, 0.05) is 19.6 Å². The van der Waals surface area contributed by atoms with Gasteiger partial charge in [0.15, 0.2) is 0 Å². The highest BCUT2D eigenvalue weighted by Crippen LogP contribution is 2.23. The van der Waals surface area contributed by atoms with Gasteiger partial charge in [0.2, 0.25) is 0 Å². The summed E-state index contributed by atoms with van der Waals surface area (Å²) in [5, 5.41) is 0. The zero-order valence-electron chi connectivity index (χ0n) is 45.1. The Morgan fingerprint density at radius 1 is 0.333 bits per heavy atom. The summed E-state index contributed by atoms with van der Waals surface area (Å²) < 4.78 is 23.3. The van der Waals surface area contributed by atoms with E-state index >= 15 is 0 Å². The van der Waals surface area contributed by atoms with Gasteiger partial charge in [0.05, 0.1) is 25.0 Å². The topological polar surface area (TPSA) is 94.6 Å². The molecule has 0 bridgehead atoms. The van der Waals surface area contributed by atoms with Crippen LogP contribution in [0.5, 0.6) is 0 Å². The zero-order chi connectivity index (χ0) is 48.6. The van der Waals surface area contributed by atoms with Crippen LogP contribution >= 0.6 is 0 Å². The Hall–Kier alpha value is -1.87. The Kier molecular flexibility index (Phi) is 48.1. The van der Waals surface area contributed by atoms with Gasteiger partial charge >= 0.3 is 18.1 Å². The van der Waals surface area contributed by atoms with Gasteiger partial charge < -0.3 is 23.8 Å². The lowest BCUT2D eigenvalue weighted by Crippen LogP contribution is -2.37. The number of carbonyl (C=O) groups is 3. The first kappa shape index (κ1) is 64.1. The molecular formula is C57H112N2O7. The third kappa shape index (κ3) is 40.1. The third-order valence-corrected chi connectivity index (χ3v) is 13.8. The van der Waals surface area contributed by atoms with E-state index in [9.17, 15) is 14.4 Å². The highest BCUT2D eigenvalue weighted by molar-refractivity contribution is 5.72. The van der Waals surface area contributed by atoms with Crippen LogP contribution in [0.3, 0.4) is 0 Å². The Labute approximate surface area is 410 Å². The van der Waals surface area contributed by atoms with Crippen molar-refractivity contribution < 1.29 is 33.3 Å². The average molecular weight is 938 g/mol. The number of unbranched alkanes of at least 4 members (excludes halogenated alkanes) is 23. The van der Waals surface area contributed by atoms with Crippen molar-refractivity contribution in [3.63, 3.8) is 0 Å². The van der Waals surface area contributed by atoms with Crippen molar-refractivity contribution in [3.05, 3.63) is 0 Å². The van der Waals surface area contributed by atoms with Crippen LogP contribution in [0.2, 0.25) is 0 Å². The molecule has 0 heterocycles. The molecule has 0 aliphatic rings. The minimum Gasteiger partial charge on any atom is -0.465 e. The molecule has 0 radical (unpaired) electrons. The summed E-state index contributed by atoms with van der Waals surface area (Å²) in [6.45, 7) is 22.5. The smallest absolute Gasteiger partial charge is 0.465 e. The second-order valence-electron chi connectivity index (χ2n) is 19.6. The number of rotatable bonds is 51. The number of hydrogen-bond donors (Lipinski definition) is 0. The van der Waals surface area contributed by atoms with Crippen molar-refractivity contribution in [3.8, 4) is 0 Å². The van der Waals surface area contributed by atoms with Crippen molar-refractivity contribution in [1.82, 2.24) is 9.80 Å². The van der Waals surface area contributed by atoms with Gasteiger partial charge in [-0.2, -0.15) is 0 Å².